The van der Waals surface area contributed by atoms with Gasteiger partial charge in [0.15, 0.2) is 12.6 Å². The summed E-state index contributed by atoms with van der Waals surface area (Å²) in [5, 5.41) is 11.0. The first-order valence-corrected chi connectivity index (χ1v) is 19.4. The number of nitrogens with zero attached hydrogens (tertiary/aromatic N) is 3. The number of carbonyl (C=O) groups is 3. The number of methoxy groups -OCH3 is 1. The number of imidazole rings is 1. The number of rotatable bonds is 11. The van der Waals surface area contributed by atoms with Gasteiger partial charge in [0.1, 0.15) is 52.4 Å². The van der Waals surface area contributed by atoms with Crippen LogP contribution in [0.5, 0.6) is 11.5 Å². The number of carbonyl (C=O) groups excluding carboxylic acids is 3. The van der Waals surface area contributed by atoms with Crippen molar-refractivity contribution in [2.45, 2.75) is 136 Å². The largest absolute Gasteiger partial charge is 0.493 e. The summed E-state index contributed by atoms with van der Waals surface area (Å²) in [4.78, 5) is 45.8. The molecule has 5 atom stereocenters. The molecule has 0 radical (unpaired) electrons. The molecule has 0 spiro atoms. The normalized spacial score (nSPS) is 23.0. The lowest BCUT2D eigenvalue weighted by molar-refractivity contribution is -0.152. The van der Waals surface area contributed by atoms with Crippen LogP contribution in [0, 0.1) is 5.92 Å². The van der Waals surface area contributed by atoms with Gasteiger partial charge in [-0.2, -0.15) is 0 Å². The molecule has 1 amide bonds. The first kappa shape index (κ1) is 45.3. The third kappa shape index (κ3) is 13.6. The number of ether oxygens (including phenoxy) is 8. The van der Waals surface area contributed by atoms with Crippen LogP contribution in [0.25, 0.3) is 6.08 Å². The van der Waals surface area contributed by atoms with Crippen LogP contribution in [-0.4, -0.2) is 106 Å². The van der Waals surface area contributed by atoms with E-state index in [1.165, 1.54) is 29.0 Å². The second-order valence-corrected chi connectivity index (χ2v) is 16.7. The van der Waals surface area contributed by atoms with E-state index in [1.807, 2.05) is 19.1 Å². The molecule has 1 saturated heterocycles. The maximum atomic E-state index is 13.8. The molecule has 3 heterocycles. The molecule has 2 unspecified atom stereocenters. The van der Waals surface area contributed by atoms with E-state index in [4.69, 9.17) is 37.9 Å². The fourth-order valence-electron chi connectivity index (χ4n) is 6.09. The summed E-state index contributed by atoms with van der Waals surface area (Å²) >= 11 is 0. The smallest absolute Gasteiger partial charge is 0.420 e. The molecule has 15 nitrogen and oxygen atoms in total. The minimum absolute atomic E-state index is 0.0123. The Bertz CT molecular complexity index is 1740. The number of aliphatic hydroxyl groups is 1. The predicted molar refractivity (Wildman–Crippen MR) is 211 cm³/mol. The molecule has 316 valence electrons. The third-order valence-corrected chi connectivity index (χ3v) is 8.89. The maximum absolute atomic E-state index is 13.8. The van der Waals surface area contributed by atoms with E-state index in [2.05, 4.69) is 4.98 Å². The van der Waals surface area contributed by atoms with Crippen molar-refractivity contribution in [2.75, 3.05) is 27.1 Å². The van der Waals surface area contributed by atoms with Crippen LogP contribution in [0.2, 0.25) is 0 Å². The molecular formula is C42H61N3O12. The summed E-state index contributed by atoms with van der Waals surface area (Å²) in [6.45, 7) is 18.4. The zero-order valence-corrected chi connectivity index (χ0v) is 35.2. The van der Waals surface area contributed by atoms with Crippen LogP contribution in [0.15, 0.2) is 42.8 Å². The molecule has 2 aliphatic heterocycles. The summed E-state index contributed by atoms with van der Waals surface area (Å²) in [5.74, 6) is -0.742. The lowest BCUT2D eigenvalue weighted by Crippen LogP contribution is -2.38. The first-order chi connectivity index (χ1) is 26.7. The van der Waals surface area contributed by atoms with Crippen LogP contribution in [0.4, 0.5) is 9.59 Å². The number of hydrogen-bond donors (Lipinski definition) is 1. The van der Waals surface area contributed by atoms with Crippen molar-refractivity contribution in [1.82, 2.24) is 14.5 Å². The van der Waals surface area contributed by atoms with E-state index >= 15 is 0 Å². The highest BCUT2D eigenvalue weighted by molar-refractivity contribution is 5.97. The highest BCUT2D eigenvalue weighted by Crippen LogP contribution is 2.35. The van der Waals surface area contributed by atoms with Gasteiger partial charge in [-0.1, -0.05) is 31.2 Å². The zero-order chi connectivity index (χ0) is 42.1. The Labute approximate surface area is 336 Å². The Hall–Kier alpha value is -4.44. The average molecular weight is 800 g/mol. The Balaban J connectivity index is 1.54. The molecule has 0 bridgehead atoms. The van der Waals surface area contributed by atoms with Crippen molar-refractivity contribution < 1.29 is 57.4 Å². The van der Waals surface area contributed by atoms with Crippen molar-refractivity contribution in [3.63, 3.8) is 0 Å². The number of hydrogen-bond acceptors (Lipinski definition) is 13. The zero-order valence-electron chi connectivity index (χ0n) is 35.2. The topological polar surface area (TPSA) is 166 Å². The summed E-state index contributed by atoms with van der Waals surface area (Å²) in [5.41, 5.74) is -0.767. The van der Waals surface area contributed by atoms with Gasteiger partial charge in [-0.15, -0.1) is 0 Å². The molecule has 1 aromatic heterocycles. The van der Waals surface area contributed by atoms with E-state index in [0.29, 0.717) is 36.4 Å². The Kier molecular flexibility index (Phi) is 15.4. The van der Waals surface area contributed by atoms with Crippen molar-refractivity contribution in [1.29, 1.82) is 0 Å². The van der Waals surface area contributed by atoms with Gasteiger partial charge < -0.3 is 47.9 Å². The second kappa shape index (κ2) is 19.3. The number of aliphatic hydroxyl groups excluding tert-OH is 1. The number of amides is 1. The van der Waals surface area contributed by atoms with Crippen molar-refractivity contribution in [3.05, 3.63) is 59.7 Å². The number of unbranched alkanes of at least 4 members (excludes halogenated alkanes) is 1. The minimum atomic E-state index is -0.934. The van der Waals surface area contributed by atoms with E-state index in [9.17, 15) is 19.5 Å². The molecule has 1 N–H and O–H groups in total. The fraction of sp³-hybridized carbons (Fsp3) is 0.619. The second-order valence-electron chi connectivity index (χ2n) is 16.7. The molecule has 0 saturated carbocycles. The van der Waals surface area contributed by atoms with E-state index in [1.54, 1.807) is 86.6 Å². The van der Waals surface area contributed by atoms with Crippen LogP contribution in [0.3, 0.4) is 0 Å². The Morgan fingerprint density at radius 2 is 1.74 bits per heavy atom. The monoisotopic (exact) mass is 799 g/mol. The van der Waals surface area contributed by atoms with Gasteiger partial charge in [-0.05, 0) is 93.2 Å². The maximum Gasteiger partial charge on any atom is 0.420 e. The molecule has 15 heteroatoms. The molecule has 1 fully saturated rings. The highest BCUT2D eigenvalue weighted by atomic mass is 16.8. The summed E-state index contributed by atoms with van der Waals surface area (Å²) < 4.78 is 47.9. The lowest BCUT2D eigenvalue weighted by atomic mass is 9.99. The predicted octanol–water partition coefficient (Wildman–Crippen LogP) is 7.28. The fourth-order valence-corrected chi connectivity index (χ4v) is 6.09. The number of fused-ring (bicyclic) bond motifs is 2. The van der Waals surface area contributed by atoms with E-state index < -0.39 is 59.6 Å². The molecule has 2 aliphatic rings. The van der Waals surface area contributed by atoms with Gasteiger partial charge in [0.25, 0.3) is 0 Å². The molecular weight excluding hydrogens is 738 g/mol. The SMILES string of the molecule is COCOc1cc(OCCCCN(Cc2nccn2C(=O)OC(C)(C)C)C(=O)OC(C)(C)C)cc2c1C(=O)O[C@@H](C)[C@H](C)/C=C\C(O)C1OC(C)(C)O[C@H]1CC=C2. The summed E-state index contributed by atoms with van der Waals surface area (Å²) in [7, 11) is 1.48. The van der Waals surface area contributed by atoms with E-state index in [-0.39, 0.29) is 43.7 Å². The summed E-state index contributed by atoms with van der Waals surface area (Å²) in [6.07, 6.45) is 7.82. The highest BCUT2D eigenvalue weighted by Gasteiger charge is 2.43. The molecule has 2 aromatic rings. The quantitative estimate of drug-likeness (QED) is 0.0793. The van der Waals surface area contributed by atoms with Crippen molar-refractivity contribution in [3.8, 4) is 11.5 Å². The van der Waals surface area contributed by atoms with Gasteiger partial charge in [0.2, 0.25) is 0 Å². The van der Waals surface area contributed by atoms with Crippen LogP contribution >= 0.6 is 0 Å². The third-order valence-electron chi connectivity index (χ3n) is 8.89. The molecule has 4 rings (SSSR count). The van der Waals surface area contributed by atoms with Gasteiger partial charge in [0.05, 0.1) is 19.3 Å². The van der Waals surface area contributed by atoms with Crippen LogP contribution < -0.4 is 9.47 Å². The van der Waals surface area contributed by atoms with Gasteiger partial charge >= 0.3 is 18.2 Å². The van der Waals surface area contributed by atoms with Gasteiger partial charge in [-0.3, -0.25) is 0 Å². The lowest BCUT2D eigenvalue weighted by Gasteiger charge is -2.27. The van der Waals surface area contributed by atoms with Crippen molar-refractivity contribution >= 4 is 24.2 Å². The number of aromatic nitrogens is 2. The Morgan fingerprint density at radius 3 is 2.42 bits per heavy atom. The number of cyclic esters (lactones) is 1. The van der Waals surface area contributed by atoms with Crippen LogP contribution in [0.1, 0.15) is 110 Å². The molecule has 1 aromatic carbocycles. The standard InChI is InChI=1S/C42H61N3O12/c1-27-17-18-31(46)36-32(54-42(9,10)55-36)16-14-15-29-23-30(24-33(52-26-50-11)35(29)37(47)53-28(27)2)51-22-13-12-20-44(38(48)56-40(3,4)5)25-34-43-19-21-45(34)39(49)57-41(6,7)8/h14-15,17-19,21,23-24,27-28,31-32,36,46H,12-13,16,20,22,25-26H2,1-11H3/b15-14?,18-17-/t27-,28+,31?,32+,36?/m1/s1. The van der Waals surface area contributed by atoms with Crippen LogP contribution in [-0.2, 0) is 35.0 Å². The molecule has 0 aliphatic carbocycles. The van der Waals surface area contributed by atoms with Gasteiger partial charge in [0, 0.05) is 38.0 Å². The van der Waals surface area contributed by atoms with E-state index in [0.717, 1.165) is 0 Å². The first-order valence-electron chi connectivity index (χ1n) is 19.4. The Morgan fingerprint density at radius 1 is 1.02 bits per heavy atom. The van der Waals surface area contributed by atoms with Crippen molar-refractivity contribution in [2.24, 2.45) is 5.92 Å². The number of esters is 1. The number of benzene rings is 1. The molecule has 57 heavy (non-hydrogen) atoms. The minimum Gasteiger partial charge on any atom is -0.493 e. The van der Waals surface area contributed by atoms with Gasteiger partial charge in [-0.25, -0.2) is 23.9 Å². The summed E-state index contributed by atoms with van der Waals surface area (Å²) in [6, 6.07) is 3.36. The average Bonchev–Trinajstić information content (AvgIpc) is 3.69.